The minimum absolute atomic E-state index is 0.187. The number of unbranched alkanes of at least 4 members (excludes halogenated alkanes) is 5. The number of nitrogens with zero attached hydrogens (tertiary/aromatic N) is 2. The predicted molar refractivity (Wildman–Crippen MR) is 158 cm³/mol. The monoisotopic (exact) mass is 596 g/mol. The highest BCUT2D eigenvalue weighted by Gasteiger charge is 2.24. The Balaban J connectivity index is 1.69. The molecule has 0 fully saturated rings. The van der Waals surface area contributed by atoms with Crippen LogP contribution in [0.3, 0.4) is 0 Å². The third-order valence-corrected chi connectivity index (χ3v) is 9.09. The molecule has 2 amide bonds. The van der Waals surface area contributed by atoms with E-state index in [0.717, 1.165) is 62.6 Å². The summed E-state index contributed by atoms with van der Waals surface area (Å²) in [5.74, 6) is 0. The van der Waals surface area contributed by atoms with E-state index in [4.69, 9.17) is 18.8 Å². The van der Waals surface area contributed by atoms with Crippen molar-refractivity contribution in [3.05, 3.63) is 59.7 Å². The fourth-order valence-electron chi connectivity index (χ4n) is 4.33. The van der Waals surface area contributed by atoms with Gasteiger partial charge in [-0.2, -0.15) is 0 Å². The molecule has 0 bridgehead atoms. The minimum Gasteiger partial charge on any atom is -0.324 e. The van der Waals surface area contributed by atoms with Gasteiger partial charge in [-0.15, -0.1) is 0 Å². The molecule has 12 heteroatoms. The summed E-state index contributed by atoms with van der Waals surface area (Å²) in [5, 5.41) is 0. The van der Waals surface area contributed by atoms with Crippen molar-refractivity contribution in [3.8, 4) is 0 Å². The second-order valence-electron chi connectivity index (χ2n) is 9.48. The molecule has 2 N–H and O–H groups in total. The van der Waals surface area contributed by atoms with Gasteiger partial charge in [-0.25, -0.2) is 0 Å². The lowest BCUT2D eigenvalue weighted by molar-refractivity contribution is -0.108. The second kappa shape index (κ2) is 17.5. The van der Waals surface area contributed by atoms with Gasteiger partial charge in [-0.05, 0) is 62.1 Å². The van der Waals surface area contributed by atoms with E-state index in [0.29, 0.717) is 37.6 Å². The lowest BCUT2D eigenvalue weighted by Crippen LogP contribution is -2.22. The third-order valence-electron chi connectivity index (χ3n) is 6.25. The molecule has 0 spiro atoms. The van der Waals surface area contributed by atoms with Crippen LogP contribution in [0.1, 0.15) is 63.5 Å². The van der Waals surface area contributed by atoms with Crippen molar-refractivity contribution in [3.63, 3.8) is 0 Å². The van der Waals surface area contributed by atoms with E-state index in [9.17, 15) is 18.7 Å². The van der Waals surface area contributed by atoms with Gasteiger partial charge in [0.2, 0.25) is 12.8 Å². The number of benzene rings is 2. The Hall–Kier alpha value is -2.32. The maximum Gasteiger partial charge on any atom is 0.335 e. The topological polar surface area (TPSA) is 134 Å². The van der Waals surface area contributed by atoms with Crippen LogP contribution in [0.4, 0.5) is 11.4 Å². The minimum atomic E-state index is -4.12. The van der Waals surface area contributed by atoms with Crippen molar-refractivity contribution in [2.24, 2.45) is 0 Å². The van der Waals surface area contributed by atoms with Crippen LogP contribution in [0.25, 0.3) is 0 Å². The Bertz CT molecular complexity index is 1110. The van der Waals surface area contributed by atoms with E-state index in [1.807, 2.05) is 24.3 Å². The van der Waals surface area contributed by atoms with E-state index in [1.165, 1.54) is 0 Å². The lowest BCUT2D eigenvalue weighted by Gasteiger charge is -2.19. The summed E-state index contributed by atoms with van der Waals surface area (Å²) >= 11 is 0. The molecule has 2 aromatic rings. The van der Waals surface area contributed by atoms with Crippen molar-refractivity contribution >= 4 is 39.4 Å². The van der Waals surface area contributed by atoms with Crippen molar-refractivity contribution < 1.29 is 37.6 Å². The lowest BCUT2D eigenvalue weighted by atomic mass is 10.1. The van der Waals surface area contributed by atoms with Crippen molar-refractivity contribution in [1.82, 2.24) is 0 Å². The summed E-state index contributed by atoms with van der Waals surface area (Å²) < 4.78 is 34.6. The SMILES string of the molecule is CCOP(=O)(Cc1ccc(N(C=O)CCCCCCCCN(C=O)c2ccc(CP(=O)(O)O)cc2)cc1)OCC. The zero-order valence-corrected chi connectivity index (χ0v) is 25.2. The van der Waals surface area contributed by atoms with Gasteiger partial charge < -0.3 is 28.6 Å². The molecule has 0 aromatic heterocycles. The molecule has 0 saturated heterocycles. The van der Waals surface area contributed by atoms with Gasteiger partial charge >= 0.3 is 15.2 Å². The molecular weight excluding hydrogens is 554 g/mol. The highest BCUT2D eigenvalue weighted by atomic mass is 31.2. The van der Waals surface area contributed by atoms with Crippen molar-refractivity contribution in [1.29, 1.82) is 0 Å². The highest BCUT2D eigenvalue weighted by Crippen LogP contribution is 2.51. The average Bonchev–Trinajstić information content (AvgIpc) is 2.90. The Labute approximate surface area is 237 Å². The Morgan fingerprint density at radius 2 is 1.02 bits per heavy atom. The second-order valence-corrected chi connectivity index (χ2v) is 13.2. The van der Waals surface area contributed by atoms with Gasteiger partial charge in [0.05, 0.1) is 25.5 Å². The van der Waals surface area contributed by atoms with E-state index in [1.54, 1.807) is 47.9 Å². The van der Waals surface area contributed by atoms with Gasteiger partial charge in [-0.3, -0.25) is 18.7 Å². The summed E-state index contributed by atoms with van der Waals surface area (Å²) in [7, 11) is -7.30. The molecule has 0 heterocycles. The van der Waals surface area contributed by atoms with E-state index in [2.05, 4.69) is 0 Å². The van der Waals surface area contributed by atoms with E-state index >= 15 is 0 Å². The molecule has 0 atom stereocenters. The first-order valence-corrected chi connectivity index (χ1v) is 17.2. The zero-order chi connectivity index (χ0) is 29.4. The van der Waals surface area contributed by atoms with Crippen LogP contribution in [0.15, 0.2) is 48.5 Å². The molecule has 222 valence electrons. The van der Waals surface area contributed by atoms with Gasteiger partial charge in [0.1, 0.15) is 0 Å². The largest absolute Gasteiger partial charge is 0.335 e. The summed E-state index contributed by atoms with van der Waals surface area (Å²) in [6, 6.07) is 14.0. The van der Waals surface area contributed by atoms with Crippen molar-refractivity contribution in [2.75, 3.05) is 36.1 Å². The fraction of sp³-hybridized carbons (Fsp3) is 0.500. The quantitative estimate of drug-likeness (QED) is 0.100. The molecule has 0 radical (unpaired) electrons. The molecule has 10 nitrogen and oxygen atoms in total. The predicted octanol–water partition coefficient (Wildman–Crippen LogP) is 6.10. The molecule has 2 rings (SSSR count). The van der Waals surface area contributed by atoms with Gasteiger partial charge in [0, 0.05) is 24.5 Å². The summed E-state index contributed by atoms with van der Waals surface area (Å²) in [6.07, 6.45) is 7.16. The molecule has 40 heavy (non-hydrogen) atoms. The first-order chi connectivity index (χ1) is 19.1. The van der Waals surface area contributed by atoms with Gasteiger partial charge in [0.15, 0.2) is 0 Å². The van der Waals surface area contributed by atoms with Crippen LogP contribution in [-0.4, -0.2) is 48.9 Å². The van der Waals surface area contributed by atoms with Crippen LogP contribution < -0.4 is 9.80 Å². The number of hydrogen-bond acceptors (Lipinski definition) is 6. The Morgan fingerprint density at radius 1 is 0.650 bits per heavy atom. The summed E-state index contributed by atoms with van der Waals surface area (Å²) in [4.78, 5) is 44.6. The number of carbonyl (C=O) groups excluding carboxylic acids is 2. The van der Waals surface area contributed by atoms with Crippen LogP contribution in [0.5, 0.6) is 0 Å². The molecule has 2 aromatic carbocycles. The molecule has 0 unspecified atom stereocenters. The number of hydrogen-bond donors (Lipinski definition) is 2. The van der Waals surface area contributed by atoms with E-state index < -0.39 is 15.2 Å². The summed E-state index contributed by atoms with van der Waals surface area (Å²) in [5.41, 5.74) is 2.83. The number of carbonyl (C=O) groups is 2. The van der Waals surface area contributed by atoms with Crippen LogP contribution in [0.2, 0.25) is 0 Å². The third kappa shape index (κ3) is 12.5. The molecule has 0 aliphatic rings. The molecular formula is C28H42N2O8P2. The molecule has 0 aliphatic heterocycles. The van der Waals surface area contributed by atoms with Crippen LogP contribution in [0, 0.1) is 0 Å². The Morgan fingerprint density at radius 3 is 1.38 bits per heavy atom. The highest BCUT2D eigenvalue weighted by molar-refractivity contribution is 7.53. The van der Waals surface area contributed by atoms with Gasteiger partial charge in [-0.1, -0.05) is 49.9 Å². The average molecular weight is 597 g/mol. The molecule has 0 saturated carbocycles. The fourth-order valence-corrected chi connectivity index (χ4v) is 6.71. The van der Waals surface area contributed by atoms with Gasteiger partial charge in [0.25, 0.3) is 0 Å². The number of amides is 2. The molecule has 0 aliphatic carbocycles. The van der Waals surface area contributed by atoms with Crippen molar-refractivity contribution in [2.45, 2.75) is 64.7 Å². The zero-order valence-electron chi connectivity index (χ0n) is 23.4. The Kier molecular flexibility index (Phi) is 14.8. The maximum absolute atomic E-state index is 12.7. The standard InChI is InChI=1S/C28H42N2O8P2/c1-3-37-40(36,38-4-2)22-26-13-17-28(18-14-26)30(24-32)20-10-8-6-5-7-9-19-29(23-31)27-15-11-25(12-16-27)21-39(33,34)35/h11-18,23-24H,3-10,19-22H2,1-2H3,(H2,33,34,35). The summed E-state index contributed by atoms with van der Waals surface area (Å²) in [6.45, 7) is 5.36. The van der Waals surface area contributed by atoms with E-state index in [-0.39, 0.29) is 12.3 Å². The first-order valence-electron chi connectivity index (χ1n) is 13.7. The van der Waals surface area contributed by atoms with Crippen LogP contribution in [-0.2, 0) is 40.1 Å². The maximum atomic E-state index is 12.7. The number of rotatable bonds is 21. The first kappa shape index (κ1) is 33.9. The van der Waals surface area contributed by atoms with Crippen LogP contribution >= 0.6 is 15.2 Å². The normalized spacial score (nSPS) is 11.8. The number of anilines is 2. The smallest absolute Gasteiger partial charge is 0.324 e.